The molecule has 0 atom stereocenters. The summed E-state index contributed by atoms with van der Waals surface area (Å²) in [5.41, 5.74) is 8.39. The maximum absolute atomic E-state index is 4.73. The first-order valence-corrected chi connectivity index (χ1v) is 10.1. The Morgan fingerprint density at radius 1 is 0.897 bits per heavy atom. The molecule has 0 bridgehead atoms. The van der Waals surface area contributed by atoms with Crippen molar-refractivity contribution < 1.29 is 0 Å². The number of nitrogens with zero attached hydrogens (tertiary/aromatic N) is 2. The fraction of sp³-hybridized carbons (Fsp3) is 0. The molecule has 2 N–H and O–H groups in total. The number of rotatable bonds is 4. The second kappa shape index (κ2) is 7.53. The molecule has 2 aromatic heterocycles. The normalized spacial score (nSPS) is 11.5. The summed E-state index contributed by atoms with van der Waals surface area (Å²) in [4.78, 5) is 7.99. The highest BCUT2D eigenvalue weighted by Gasteiger charge is 2.08. The Labute approximate surface area is 176 Å². The number of pyridine rings is 1. The van der Waals surface area contributed by atoms with E-state index in [1.54, 1.807) is 0 Å². The van der Waals surface area contributed by atoms with E-state index in [9.17, 15) is 0 Å². The molecule has 0 radical (unpaired) electrons. The van der Waals surface area contributed by atoms with Crippen LogP contribution in [0.1, 0.15) is 5.56 Å². The van der Waals surface area contributed by atoms with Gasteiger partial charge in [0.2, 0.25) is 0 Å². The summed E-state index contributed by atoms with van der Waals surface area (Å²) < 4.78 is 1.03. The second-order valence-electron chi connectivity index (χ2n) is 6.74. The van der Waals surface area contributed by atoms with Crippen molar-refractivity contribution in [2.75, 3.05) is 5.43 Å². The van der Waals surface area contributed by atoms with Crippen molar-refractivity contribution in [1.82, 2.24) is 9.97 Å². The van der Waals surface area contributed by atoms with E-state index in [1.807, 2.05) is 60.9 Å². The molecule has 0 unspecified atom stereocenters. The molecule has 0 spiro atoms. The number of para-hydroxylation sites is 1. The van der Waals surface area contributed by atoms with E-state index in [0.717, 1.165) is 43.0 Å². The van der Waals surface area contributed by atoms with Gasteiger partial charge in [-0.1, -0.05) is 64.5 Å². The molecule has 0 fully saturated rings. The third kappa shape index (κ3) is 3.52. The SMILES string of the molecule is Brc1ccc2nc(N/N=C/c3c[nH]c4ccccc34)cc(-c3ccccc3)c2c1. The Balaban J connectivity index is 1.53. The molecule has 29 heavy (non-hydrogen) atoms. The molecular formula is C24H17BrN4. The van der Waals surface area contributed by atoms with Gasteiger partial charge in [0.1, 0.15) is 5.82 Å². The van der Waals surface area contributed by atoms with Crippen LogP contribution >= 0.6 is 15.9 Å². The second-order valence-corrected chi connectivity index (χ2v) is 7.66. The smallest absolute Gasteiger partial charge is 0.147 e. The predicted octanol–water partition coefficient (Wildman–Crippen LogP) is 6.59. The van der Waals surface area contributed by atoms with Crippen LogP contribution in [-0.2, 0) is 0 Å². The Morgan fingerprint density at radius 3 is 2.62 bits per heavy atom. The van der Waals surface area contributed by atoms with Gasteiger partial charge in [0, 0.05) is 32.5 Å². The number of halogens is 1. The van der Waals surface area contributed by atoms with Crippen LogP contribution in [0.4, 0.5) is 5.82 Å². The number of aromatic amines is 1. The van der Waals surface area contributed by atoms with E-state index in [4.69, 9.17) is 4.98 Å². The molecule has 5 heteroatoms. The lowest BCUT2D eigenvalue weighted by molar-refractivity contribution is 1.26. The Kier molecular flexibility index (Phi) is 4.58. The molecular weight excluding hydrogens is 424 g/mol. The average Bonchev–Trinajstić information content (AvgIpc) is 3.17. The summed E-state index contributed by atoms with van der Waals surface area (Å²) in [5.74, 6) is 0.703. The van der Waals surface area contributed by atoms with Gasteiger partial charge in [0.05, 0.1) is 11.7 Å². The highest BCUT2D eigenvalue weighted by molar-refractivity contribution is 9.10. The zero-order valence-electron chi connectivity index (χ0n) is 15.4. The quantitative estimate of drug-likeness (QED) is 0.244. The Hall–Kier alpha value is -3.44. The summed E-state index contributed by atoms with van der Waals surface area (Å²) in [6, 6.07) is 26.6. The molecule has 140 valence electrons. The summed E-state index contributed by atoms with van der Waals surface area (Å²) in [5, 5.41) is 6.66. The highest BCUT2D eigenvalue weighted by atomic mass is 79.9. The lowest BCUT2D eigenvalue weighted by Crippen LogP contribution is -1.95. The lowest BCUT2D eigenvalue weighted by atomic mass is 10.0. The van der Waals surface area contributed by atoms with Crippen LogP contribution in [0.15, 0.2) is 94.6 Å². The lowest BCUT2D eigenvalue weighted by Gasteiger charge is -2.10. The van der Waals surface area contributed by atoms with Gasteiger partial charge >= 0.3 is 0 Å². The minimum absolute atomic E-state index is 0.703. The molecule has 3 aromatic carbocycles. The predicted molar refractivity (Wildman–Crippen MR) is 124 cm³/mol. The van der Waals surface area contributed by atoms with E-state index in [2.05, 4.69) is 61.8 Å². The van der Waals surface area contributed by atoms with Crippen LogP contribution in [-0.4, -0.2) is 16.2 Å². The van der Waals surface area contributed by atoms with Gasteiger partial charge in [0.15, 0.2) is 0 Å². The van der Waals surface area contributed by atoms with Gasteiger partial charge in [-0.25, -0.2) is 4.98 Å². The molecule has 0 saturated heterocycles. The van der Waals surface area contributed by atoms with E-state index >= 15 is 0 Å². The van der Waals surface area contributed by atoms with Crippen LogP contribution < -0.4 is 5.43 Å². The van der Waals surface area contributed by atoms with Crippen molar-refractivity contribution in [3.63, 3.8) is 0 Å². The first kappa shape index (κ1) is 17.6. The minimum atomic E-state index is 0.703. The first-order chi connectivity index (χ1) is 14.3. The summed E-state index contributed by atoms with van der Waals surface area (Å²) >= 11 is 3.57. The molecule has 4 nitrogen and oxygen atoms in total. The number of benzene rings is 3. The van der Waals surface area contributed by atoms with Crippen molar-refractivity contribution in [2.24, 2.45) is 5.10 Å². The summed E-state index contributed by atoms with van der Waals surface area (Å²) in [7, 11) is 0. The van der Waals surface area contributed by atoms with Gasteiger partial charge in [-0.2, -0.15) is 5.10 Å². The van der Waals surface area contributed by atoms with Crippen molar-refractivity contribution in [3.05, 3.63) is 95.1 Å². The van der Waals surface area contributed by atoms with Crippen LogP contribution in [0.25, 0.3) is 32.9 Å². The number of nitrogens with one attached hydrogen (secondary N) is 2. The monoisotopic (exact) mass is 440 g/mol. The maximum atomic E-state index is 4.73. The number of fused-ring (bicyclic) bond motifs is 2. The van der Waals surface area contributed by atoms with E-state index in [0.29, 0.717) is 5.82 Å². The number of H-pyrrole nitrogens is 1. The van der Waals surface area contributed by atoms with E-state index in [1.165, 1.54) is 0 Å². The number of hydrogen-bond acceptors (Lipinski definition) is 3. The van der Waals surface area contributed by atoms with Crippen molar-refractivity contribution in [2.45, 2.75) is 0 Å². The first-order valence-electron chi connectivity index (χ1n) is 9.29. The zero-order valence-corrected chi connectivity index (χ0v) is 17.0. The molecule has 0 saturated carbocycles. The third-order valence-electron chi connectivity index (χ3n) is 4.86. The van der Waals surface area contributed by atoms with Crippen LogP contribution in [0.5, 0.6) is 0 Å². The van der Waals surface area contributed by atoms with Gasteiger partial charge in [0.25, 0.3) is 0 Å². The standard InChI is InChI=1S/C24H17BrN4/c25-18-10-11-23-21(12-18)20(16-6-2-1-3-7-16)13-24(28-23)29-27-15-17-14-26-22-9-5-4-8-19(17)22/h1-15,26H,(H,28,29)/b27-15+. The van der Waals surface area contributed by atoms with E-state index < -0.39 is 0 Å². The summed E-state index contributed by atoms with van der Waals surface area (Å²) in [6.45, 7) is 0. The largest absolute Gasteiger partial charge is 0.361 e. The minimum Gasteiger partial charge on any atom is -0.361 e. The molecule has 2 heterocycles. The van der Waals surface area contributed by atoms with Crippen LogP contribution in [0, 0.1) is 0 Å². The zero-order chi connectivity index (χ0) is 19.6. The number of hydrogen-bond donors (Lipinski definition) is 2. The molecule has 0 aliphatic carbocycles. The fourth-order valence-corrected chi connectivity index (χ4v) is 3.84. The van der Waals surface area contributed by atoms with Gasteiger partial charge in [-0.05, 0) is 41.5 Å². The van der Waals surface area contributed by atoms with Crippen molar-refractivity contribution >= 4 is 49.8 Å². The van der Waals surface area contributed by atoms with E-state index in [-0.39, 0.29) is 0 Å². The number of hydrazone groups is 1. The number of anilines is 1. The summed E-state index contributed by atoms with van der Waals surface area (Å²) in [6.07, 6.45) is 3.77. The van der Waals surface area contributed by atoms with Gasteiger partial charge in [-0.15, -0.1) is 0 Å². The number of aromatic nitrogens is 2. The van der Waals surface area contributed by atoms with Gasteiger partial charge in [-0.3, -0.25) is 5.43 Å². The van der Waals surface area contributed by atoms with Crippen molar-refractivity contribution in [3.8, 4) is 11.1 Å². The average molecular weight is 441 g/mol. The Morgan fingerprint density at radius 2 is 1.72 bits per heavy atom. The Bertz CT molecular complexity index is 1340. The topological polar surface area (TPSA) is 53.1 Å². The van der Waals surface area contributed by atoms with Crippen LogP contribution in [0.3, 0.4) is 0 Å². The maximum Gasteiger partial charge on any atom is 0.147 e. The molecule has 5 aromatic rings. The fourth-order valence-electron chi connectivity index (χ4n) is 3.48. The molecule has 0 amide bonds. The van der Waals surface area contributed by atoms with Crippen LogP contribution in [0.2, 0.25) is 0 Å². The molecule has 5 rings (SSSR count). The van der Waals surface area contributed by atoms with Gasteiger partial charge < -0.3 is 4.98 Å². The molecule has 0 aliphatic rings. The van der Waals surface area contributed by atoms with Crippen molar-refractivity contribution in [1.29, 1.82) is 0 Å². The molecule has 0 aliphatic heterocycles. The highest BCUT2D eigenvalue weighted by Crippen LogP contribution is 2.32. The third-order valence-corrected chi connectivity index (χ3v) is 5.35.